The van der Waals surface area contributed by atoms with Gasteiger partial charge in [-0.3, -0.25) is 4.79 Å². The van der Waals surface area contributed by atoms with Crippen LogP contribution in [0.5, 0.6) is 0 Å². The zero-order chi connectivity index (χ0) is 14.8. The Morgan fingerprint density at radius 2 is 2.29 bits per heavy atom. The lowest BCUT2D eigenvalue weighted by Crippen LogP contribution is -2.37. The van der Waals surface area contributed by atoms with E-state index in [1.807, 2.05) is 7.05 Å². The van der Waals surface area contributed by atoms with E-state index >= 15 is 0 Å². The molecule has 1 aliphatic carbocycles. The number of likely N-dealkylation sites (N-methyl/N-ethyl adjacent to an activating group) is 1. The Bertz CT molecular complexity index is 541. The minimum absolute atomic E-state index is 0.0192. The highest BCUT2D eigenvalue weighted by Crippen LogP contribution is 2.32. The number of ether oxygens (including phenoxy) is 1. The molecule has 21 heavy (non-hydrogen) atoms. The van der Waals surface area contributed by atoms with Gasteiger partial charge in [0.25, 0.3) is 5.56 Å². The molecule has 2 aliphatic rings. The number of hydrogen-bond acceptors (Lipinski definition) is 5. The summed E-state index contributed by atoms with van der Waals surface area (Å²) in [5.41, 5.74) is 0.887. The summed E-state index contributed by atoms with van der Waals surface area (Å²) in [6, 6.07) is 2.05. The van der Waals surface area contributed by atoms with E-state index in [0.717, 1.165) is 25.2 Å². The van der Waals surface area contributed by atoms with Gasteiger partial charge in [-0.2, -0.15) is 5.10 Å². The predicted octanol–water partition coefficient (Wildman–Crippen LogP) is 0.466. The number of nitrogens with zero attached hydrogens (tertiary/aromatic N) is 3. The number of anilines is 1. The molecule has 1 N–H and O–H groups in total. The van der Waals surface area contributed by atoms with Gasteiger partial charge in [-0.25, -0.2) is 4.68 Å². The zero-order valence-corrected chi connectivity index (χ0v) is 12.8. The largest absolute Gasteiger partial charge is 0.380 e. The van der Waals surface area contributed by atoms with Crippen LogP contribution in [0.25, 0.3) is 0 Å². The number of hydrogen-bond donors (Lipinski definition) is 1. The predicted molar refractivity (Wildman–Crippen MR) is 81.7 cm³/mol. The fraction of sp³-hybridized carbons (Fsp3) is 0.733. The van der Waals surface area contributed by atoms with Crippen molar-refractivity contribution in [1.82, 2.24) is 15.1 Å². The second-order valence-electron chi connectivity index (χ2n) is 6.06. The van der Waals surface area contributed by atoms with Crippen LogP contribution < -0.4 is 15.8 Å². The SMILES string of the molecule is CNC(Cn1ncc(N2CCC(OC)C2)cc1=O)C1CC1. The molecule has 1 aromatic heterocycles. The normalized spacial score (nSPS) is 23.5. The number of rotatable bonds is 6. The molecule has 0 radical (unpaired) electrons. The highest BCUT2D eigenvalue weighted by Gasteiger charge is 2.30. The van der Waals surface area contributed by atoms with Crippen molar-refractivity contribution >= 4 is 5.69 Å². The van der Waals surface area contributed by atoms with Gasteiger partial charge in [0.05, 0.1) is 24.5 Å². The molecule has 0 amide bonds. The molecule has 2 unspecified atom stereocenters. The third kappa shape index (κ3) is 3.27. The monoisotopic (exact) mass is 292 g/mol. The summed E-state index contributed by atoms with van der Waals surface area (Å²) in [4.78, 5) is 14.4. The van der Waals surface area contributed by atoms with Gasteiger partial charge in [0.15, 0.2) is 0 Å². The van der Waals surface area contributed by atoms with Gasteiger partial charge in [-0.1, -0.05) is 0 Å². The van der Waals surface area contributed by atoms with Crippen molar-refractivity contribution in [2.75, 3.05) is 32.1 Å². The van der Waals surface area contributed by atoms with Crippen LogP contribution >= 0.6 is 0 Å². The fourth-order valence-corrected chi connectivity index (χ4v) is 3.05. The van der Waals surface area contributed by atoms with E-state index in [2.05, 4.69) is 15.3 Å². The van der Waals surface area contributed by atoms with Gasteiger partial charge in [0.1, 0.15) is 0 Å². The van der Waals surface area contributed by atoms with Gasteiger partial charge in [-0.05, 0) is 32.2 Å². The molecule has 2 fully saturated rings. The van der Waals surface area contributed by atoms with Crippen LogP contribution in [-0.4, -0.2) is 49.2 Å². The molecule has 6 nitrogen and oxygen atoms in total. The van der Waals surface area contributed by atoms with Gasteiger partial charge in [0.2, 0.25) is 0 Å². The summed E-state index contributed by atoms with van der Waals surface area (Å²) in [6.07, 6.45) is 5.58. The number of methoxy groups -OCH3 is 1. The molecular formula is C15H24N4O2. The Balaban J connectivity index is 1.69. The van der Waals surface area contributed by atoms with Crippen LogP contribution in [0, 0.1) is 5.92 Å². The van der Waals surface area contributed by atoms with E-state index in [-0.39, 0.29) is 11.7 Å². The molecule has 1 aromatic rings. The minimum atomic E-state index is -0.0192. The maximum Gasteiger partial charge on any atom is 0.268 e. The first-order valence-electron chi connectivity index (χ1n) is 7.73. The maximum atomic E-state index is 12.3. The molecule has 2 heterocycles. The maximum absolute atomic E-state index is 12.3. The van der Waals surface area contributed by atoms with E-state index in [1.54, 1.807) is 24.1 Å². The van der Waals surface area contributed by atoms with Crippen LogP contribution in [0.4, 0.5) is 5.69 Å². The van der Waals surface area contributed by atoms with Crippen LogP contribution in [0.15, 0.2) is 17.1 Å². The Hall–Kier alpha value is -1.40. The van der Waals surface area contributed by atoms with Gasteiger partial charge in [-0.15, -0.1) is 0 Å². The van der Waals surface area contributed by atoms with Crippen molar-refractivity contribution in [2.45, 2.75) is 38.0 Å². The standard InChI is InChI=1S/C15H24N4O2/c1-16-14(11-3-4-11)10-19-15(20)7-12(8-17-19)18-6-5-13(9-18)21-2/h7-8,11,13-14,16H,3-6,9-10H2,1-2H3. The molecule has 1 saturated carbocycles. The first-order valence-corrected chi connectivity index (χ1v) is 7.73. The van der Waals surface area contributed by atoms with Crippen LogP contribution in [0.1, 0.15) is 19.3 Å². The molecule has 3 rings (SSSR count). The lowest BCUT2D eigenvalue weighted by atomic mass is 10.2. The summed E-state index contributed by atoms with van der Waals surface area (Å²) in [5.74, 6) is 0.699. The van der Waals surface area contributed by atoms with E-state index in [4.69, 9.17) is 4.74 Å². The highest BCUT2D eigenvalue weighted by molar-refractivity contribution is 5.44. The molecule has 116 valence electrons. The van der Waals surface area contributed by atoms with E-state index < -0.39 is 0 Å². The van der Waals surface area contributed by atoms with Crippen LogP contribution in [0.3, 0.4) is 0 Å². The molecular weight excluding hydrogens is 268 g/mol. The molecule has 1 aliphatic heterocycles. The van der Waals surface area contributed by atoms with Crippen molar-refractivity contribution in [3.63, 3.8) is 0 Å². The lowest BCUT2D eigenvalue weighted by Gasteiger charge is -2.19. The number of nitrogens with one attached hydrogen (secondary N) is 1. The molecule has 6 heteroatoms. The summed E-state index contributed by atoms with van der Waals surface area (Å²) >= 11 is 0. The van der Waals surface area contributed by atoms with E-state index in [9.17, 15) is 4.79 Å². The average molecular weight is 292 g/mol. The third-order valence-electron chi connectivity index (χ3n) is 4.63. The molecule has 0 aromatic carbocycles. The molecule has 1 saturated heterocycles. The van der Waals surface area contributed by atoms with E-state index in [0.29, 0.717) is 18.5 Å². The van der Waals surface area contributed by atoms with Crippen molar-refractivity contribution in [2.24, 2.45) is 5.92 Å². The molecule has 2 atom stereocenters. The topological polar surface area (TPSA) is 59.4 Å². The van der Waals surface area contributed by atoms with Gasteiger partial charge >= 0.3 is 0 Å². The summed E-state index contributed by atoms with van der Waals surface area (Å²) < 4.78 is 6.94. The quantitative estimate of drug-likeness (QED) is 0.826. The average Bonchev–Trinajstić information content (AvgIpc) is 3.22. The summed E-state index contributed by atoms with van der Waals surface area (Å²) in [7, 11) is 3.69. The van der Waals surface area contributed by atoms with Crippen molar-refractivity contribution in [3.05, 3.63) is 22.6 Å². The second-order valence-corrected chi connectivity index (χ2v) is 6.06. The van der Waals surface area contributed by atoms with Gasteiger partial charge < -0.3 is 15.0 Å². The zero-order valence-electron chi connectivity index (χ0n) is 12.8. The fourth-order valence-electron chi connectivity index (χ4n) is 3.05. The van der Waals surface area contributed by atoms with E-state index in [1.165, 1.54) is 12.8 Å². The van der Waals surface area contributed by atoms with Gasteiger partial charge in [0, 0.05) is 32.3 Å². The smallest absolute Gasteiger partial charge is 0.268 e. The molecule has 0 spiro atoms. The van der Waals surface area contributed by atoms with Crippen molar-refractivity contribution < 1.29 is 4.74 Å². The van der Waals surface area contributed by atoms with Crippen molar-refractivity contribution in [3.8, 4) is 0 Å². The lowest BCUT2D eigenvalue weighted by molar-refractivity contribution is 0.121. The Morgan fingerprint density at radius 3 is 2.86 bits per heavy atom. The number of aromatic nitrogens is 2. The Labute approximate surface area is 125 Å². The minimum Gasteiger partial charge on any atom is -0.380 e. The van der Waals surface area contributed by atoms with Crippen LogP contribution in [0.2, 0.25) is 0 Å². The summed E-state index contributed by atoms with van der Waals surface area (Å²) in [6.45, 7) is 2.41. The first-order chi connectivity index (χ1) is 10.2. The third-order valence-corrected chi connectivity index (χ3v) is 4.63. The van der Waals surface area contributed by atoms with Crippen molar-refractivity contribution in [1.29, 1.82) is 0 Å². The Morgan fingerprint density at radius 1 is 1.48 bits per heavy atom. The molecule has 0 bridgehead atoms. The summed E-state index contributed by atoms with van der Waals surface area (Å²) in [5, 5.41) is 7.65. The highest BCUT2D eigenvalue weighted by atomic mass is 16.5. The second kappa shape index (κ2) is 6.15. The van der Waals surface area contributed by atoms with Crippen LogP contribution in [-0.2, 0) is 11.3 Å². The Kier molecular flexibility index (Phi) is 4.26. The first kappa shape index (κ1) is 14.5.